The van der Waals surface area contributed by atoms with Crippen LogP contribution in [0.25, 0.3) is 0 Å². The number of hydrogen-bond acceptors (Lipinski definition) is 3. The summed E-state index contributed by atoms with van der Waals surface area (Å²) in [5.41, 5.74) is -0.107. The highest BCUT2D eigenvalue weighted by Crippen LogP contribution is 2.37. The van der Waals surface area contributed by atoms with E-state index >= 15 is 0 Å². The van der Waals surface area contributed by atoms with Gasteiger partial charge in [-0.05, 0) is 36.5 Å². The van der Waals surface area contributed by atoms with Crippen molar-refractivity contribution in [3.05, 3.63) is 28.8 Å². The molecule has 2 atom stereocenters. The summed E-state index contributed by atoms with van der Waals surface area (Å²) in [5, 5.41) is 8.89. The molecule has 0 spiro atoms. The van der Waals surface area contributed by atoms with Gasteiger partial charge in [-0.2, -0.15) is 0 Å². The Morgan fingerprint density at radius 2 is 2.16 bits per heavy atom. The van der Waals surface area contributed by atoms with Crippen LogP contribution in [0.5, 0.6) is 0 Å². The molecule has 1 aliphatic carbocycles. The minimum Gasteiger partial charge on any atom is -0.478 e. The second-order valence-corrected chi connectivity index (χ2v) is 6.92. The van der Waals surface area contributed by atoms with Crippen LogP contribution in [0.3, 0.4) is 0 Å². The van der Waals surface area contributed by atoms with Gasteiger partial charge in [-0.1, -0.05) is 18.5 Å². The predicted molar refractivity (Wildman–Crippen MR) is 70.9 cm³/mol. The van der Waals surface area contributed by atoms with E-state index in [0.717, 1.165) is 12.5 Å². The lowest BCUT2D eigenvalue weighted by Crippen LogP contribution is -2.26. The number of aromatic carboxylic acids is 1. The lowest BCUT2D eigenvalue weighted by molar-refractivity contribution is 0.0696. The van der Waals surface area contributed by atoms with Crippen LogP contribution in [-0.2, 0) is 10.0 Å². The van der Waals surface area contributed by atoms with Crippen molar-refractivity contribution in [1.82, 2.24) is 4.72 Å². The molecular weight excluding hydrogens is 290 g/mol. The van der Waals surface area contributed by atoms with E-state index < -0.39 is 16.0 Å². The smallest absolute Gasteiger partial charge is 0.335 e. The molecule has 1 aromatic carbocycles. The largest absolute Gasteiger partial charge is 0.478 e. The van der Waals surface area contributed by atoms with Gasteiger partial charge in [-0.25, -0.2) is 17.9 Å². The highest BCUT2D eigenvalue weighted by atomic mass is 35.5. The van der Waals surface area contributed by atoms with E-state index in [4.69, 9.17) is 16.7 Å². The van der Waals surface area contributed by atoms with Crippen molar-refractivity contribution in [3.63, 3.8) is 0 Å². The lowest BCUT2D eigenvalue weighted by atomic mass is 10.2. The predicted octanol–water partition coefficient (Wildman–Crippen LogP) is 1.97. The van der Waals surface area contributed by atoms with E-state index in [1.165, 1.54) is 12.1 Å². The van der Waals surface area contributed by atoms with Gasteiger partial charge in [0, 0.05) is 6.54 Å². The minimum absolute atomic E-state index is 0.0151. The van der Waals surface area contributed by atoms with Crippen molar-refractivity contribution in [3.8, 4) is 0 Å². The number of nitrogens with one attached hydrogen (secondary N) is 1. The normalized spacial score (nSPS) is 22.2. The average Bonchev–Trinajstić information content (AvgIpc) is 3.03. The van der Waals surface area contributed by atoms with E-state index in [9.17, 15) is 13.2 Å². The van der Waals surface area contributed by atoms with E-state index in [0.29, 0.717) is 18.4 Å². The molecule has 1 aromatic rings. The van der Waals surface area contributed by atoms with Crippen molar-refractivity contribution < 1.29 is 18.3 Å². The highest BCUT2D eigenvalue weighted by Gasteiger charge is 2.33. The Hall–Kier alpha value is -1.11. The van der Waals surface area contributed by atoms with Crippen LogP contribution in [0, 0.1) is 11.8 Å². The monoisotopic (exact) mass is 303 g/mol. The Morgan fingerprint density at radius 1 is 1.53 bits per heavy atom. The molecule has 2 unspecified atom stereocenters. The fourth-order valence-corrected chi connectivity index (χ4v) is 3.44. The topological polar surface area (TPSA) is 83.5 Å². The maximum atomic E-state index is 12.1. The molecule has 1 saturated carbocycles. The van der Waals surface area contributed by atoms with Crippen LogP contribution in [0.15, 0.2) is 23.1 Å². The maximum Gasteiger partial charge on any atom is 0.335 e. The van der Waals surface area contributed by atoms with Crippen LogP contribution in [0.1, 0.15) is 23.7 Å². The highest BCUT2D eigenvalue weighted by molar-refractivity contribution is 7.89. The van der Waals surface area contributed by atoms with Crippen LogP contribution in [0.2, 0.25) is 5.02 Å². The summed E-state index contributed by atoms with van der Waals surface area (Å²) in [6, 6.07) is 3.62. The van der Waals surface area contributed by atoms with Crippen molar-refractivity contribution in [2.75, 3.05) is 6.54 Å². The number of halogens is 1. The first kappa shape index (κ1) is 14.3. The lowest BCUT2D eigenvalue weighted by Gasteiger charge is -2.08. The second kappa shape index (κ2) is 5.11. The first-order valence-corrected chi connectivity index (χ1v) is 7.70. The maximum absolute atomic E-state index is 12.1. The molecule has 2 N–H and O–H groups in total. The zero-order valence-electron chi connectivity index (χ0n) is 10.3. The molecule has 0 aliphatic heterocycles. The van der Waals surface area contributed by atoms with Crippen molar-refractivity contribution >= 4 is 27.6 Å². The zero-order chi connectivity index (χ0) is 14.2. The summed E-state index contributed by atoms with van der Waals surface area (Å²) < 4.78 is 26.6. The molecule has 7 heteroatoms. The summed E-state index contributed by atoms with van der Waals surface area (Å²) in [6.45, 7) is 2.41. The molecular formula is C12H14ClNO4S. The number of carbonyl (C=O) groups is 1. The first-order valence-electron chi connectivity index (χ1n) is 5.84. The Bertz CT molecular complexity index is 614. The van der Waals surface area contributed by atoms with Crippen molar-refractivity contribution in [2.45, 2.75) is 18.2 Å². The Labute approximate surface area is 116 Å². The number of sulfonamides is 1. The van der Waals surface area contributed by atoms with Gasteiger partial charge in [-0.15, -0.1) is 0 Å². The van der Waals surface area contributed by atoms with Crippen LogP contribution in [-0.4, -0.2) is 26.0 Å². The third kappa shape index (κ3) is 3.26. The quantitative estimate of drug-likeness (QED) is 0.871. The second-order valence-electron chi connectivity index (χ2n) is 4.78. The number of hydrogen-bond donors (Lipinski definition) is 2. The average molecular weight is 304 g/mol. The molecule has 1 fully saturated rings. The minimum atomic E-state index is -3.77. The van der Waals surface area contributed by atoms with E-state index in [2.05, 4.69) is 11.6 Å². The van der Waals surface area contributed by atoms with E-state index in [1.807, 2.05) is 0 Å². The van der Waals surface area contributed by atoms with Crippen LogP contribution in [0.4, 0.5) is 0 Å². The number of benzene rings is 1. The molecule has 19 heavy (non-hydrogen) atoms. The molecule has 1 aliphatic rings. The molecule has 0 radical (unpaired) electrons. The van der Waals surface area contributed by atoms with Crippen molar-refractivity contribution in [1.29, 1.82) is 0 Å². The fourth-order valence-electron chi connectivity index (χ4n) is 1.82. The number of rotatable bonds is 5. The summed E-state index contributed by atoms with van der Waals surface area (Å²) in [4.78, 5) is 10.7. The Kier molecular flexibility index (Phi) is 3.85. The van der Waals surface area contributed by atoms with Gasteiger partial charge in [-0.3, -0.25) is 0 Å². The Morgan fingerprint density at radius 3 is 2.68 bits per heavy atom. The molecule has 2 rings (SSSR count). The SMILES string of the molecule is CC1CC1CNS(=O)(=O)c1cc(C(=O)O)ccc1Cl. The molecule has 0 bridgehead atoms. The van der Waals surface area contributed by atoms with E-state index in [1.54, 1.807) is 0 Å². The van der Waals surface area contributed by atoms with Gasteiger partial charge < -0.3 is 5.11 Å². The van der Waals surface area contributed by atoms with Crippen LogP contribution >= 0.6 is 11.6 Å². The molecule has 0 saturated heterocycles. The molecule has 0 heterocycles. The van der Waals surface area contributed by atoms with Crippen LogP contribution < -0.4 is 4.72 Å². The summed E-state index contributed by atoms with van der Waals surface area (Å²) >= 11 is 5.83. The molecule has 0 aromatic heterocycles. The zero-order valence-corrected chi connectivity index (χ0v) is 11.8. The molecule has 5 nitrogen and oxygen atoms in total. The first-order chi connectivity index (χ1) is 8.81. The molecule has 0 amide bonds. The fraction of sp³-hybridized carbons (Fsp3) is 0.417. The van der Waals surface area contributed by atoms with E-state index in [-0.39, 0.29) is 15.5 Å². The van der Waals surface area contributed by atoms with Gasteiger partial charge in [0.05, 0.1) is 10.6 Å². The van der Waals surface area contributed by atoms with Gasteiger partial charge in [0.25, 0.3) is 0 Å². The number of carboxylic acids is 1. The van der Waals surface area contributed by atoms with Gasteiger partial charge in [0.15, 0.2) is 0 Å². The van der Waals surface area contributed by atoms with Gasteiger partial charge in [0.1, 0.15) is 4.90 Å². The third-order valence-corrected chi connectivity index (χ3v) is 5.18. The third-order valence-electron chi connectivity index (χ3n) is 3.28. The van der Waals surface area contributed by atoms with Crippen molar-refractivity contribution in [2.24, 2.45) is 11.8 Å². The number of carboxylic acid groups (broad SMARTS) is 1. The molecule has 104 valence electrons. The van der Waals surface area contributed by atoms with Gasteiger partial charge >= 0.3 is 5.97 Å². The summed E-state index contributed by atoms with van der Waals surface area (Å²) in [6.07, 6.45) is 1.01. The summed E-state index contributed by atoms with van der Waals surface area (Å²) in [7, 11) is -3.77. The standard InChI is InChI=1S/C12H14ClNO4S/c1-7-4-9(7)6-14-19(17,18)11-5-8(12(15)16)2-3-10(11)13/h2-3,5,7,9,14H,4,6H2,1H3,(H,15,16). The Balaban J connectivity index is 2.23. The summed E-state index contributed by atoms with van der Waals surface area (Å²) in [5.74, 6) is -0.302. The van der Waals surface area contributed by atoms with Gasteiger partial charge in [0.2, 0.25) is 10.0 Å².